The quantitative estimate of drug-likeness (QED) is 0.740. The first kappa shape index (κ1) is 17.2. The summed E-state index contributed by atoms with van der Waals surface area (Å²) in [7, 11) is 0. The van der Waals surface area contributed by atoms with Gasteiger partial charge in [-0.1, -0.05) is 35.1 Å². The first-order valence-corrected chi connectivity index (χ1v) is 8.35. The number of aromatic nitrogens is 2. The number of carbonyl (C=O) groups is 1. The minimum Gasteiger partial charge on any atom is -0.296 e. The monoisotopic (exact) mass is 359 g/mol. The summed E-state index contributed by atoms with van der Waals surface area (Å²) >= 11 is 1.16. The Kier molecular flexibility index (Phi) is 4.59. The van der Waals surface area contributed by atoms with Gasteiger partial charge in [-0.25, -0.2) is 8.78 Å². The van der Waals surface area contributed by atoms with Gasteiger partial charge in [0.2, 0.25) is 5.13 Å². The lowest BCUT2D eigenvalue weighted by Crippen LogP contribution is -2.15. The maximum atomic E-state index is 13.7. The zero-order valence-corrected chi connectivity index (χ0v) is 14.7. The normalized spacial score (nSPS) is 10.8. The molecule has 0 fully saturated rings. The van der Waals surface area contributed by atoms with Gasteiger partial charge in [-0.15, -0.1) is 10.2 Å². The average molecular weight is 359 g/mol. The average Bonchev–Trinajstić information content (AvgIpc) is 2.94. The lowest BCUT2D eigenvalue weighted by Gasteiger charge is -2.07. The van der Waals surface area contributed by atoms with Crippen molar-refractivity contribution in [1.82, 2.24) is 10.2 Å². The van der Waals surface area contributed by atoms with E-state index in [4.69, 9.17) is 0 Å². The summed E-state index contributed by atoms with van der Waals surface area (Å²) in [5.74, 6) is -2.74. The Balaban J connectivity index is 1.89. The molecule has 1 amide bonds. The minimum atomic E-state index is -0.924. The SMILES string of the molecule is Cc1cc(C)c(-c2nnc(NC(=O)c3c(F)cccc3F)s2)c(C)c1. The molecule has 25 heavy (non-hydrogen) atoms. The summed E-state index contributed by atoms with van der Waals surface area (Å²) in [5.41, 5.74) is 3.55. The Labute approximate surface area is 147 Å². The van der Waals surface area contributed by atoms with Gasteiger partial charge in [-0.3, -0.25) is 10.1 Å². The highest BCUT2D eigenvalue weighted by molar-refractivity contribution is 7.18. The van der Waals surface area contributed by atoms with Crippen molar-refractivity contribution in [2.75, 3.05) is 5.32 Å². The van der Waals surface area contributed by atoms with E-state index in [1.807, 2.05) is 32.9 Å². The standard InChI is InChI=1S/C18H15F2N3OS/c1-9-7-10(2)14(11(3)8-9)17-22-23-18(25-17)21-16(24)15-12(19)5-4-6-13(15)20/h4-8H,1-3H3,(H,21,23,24). The highest BCUT2D eigenvalue weighted by atomic mass is 32.1. The van der Waals surface area contributed by atoms with Gasteiger partial charge in [0.15, 0.2) is 0 Å². The molecule has 2 aromatic carbocycles. The molecule has 1 aromatic heterocycles. The van der Waals surface area contributed by atoms with Crippen molar-refractivity contribution >= 4 is 22.4 Å². The van der Waals surface area contributed by atoms with Crippen LogP contribution in [-0.2, 0) is 0 Å². The smallest absolute Gasteiger partial charge is 0.263 e. The Morgan fingerprint density at radius 3 is 2.24 bits per heavy atom. The number of anilines is 1. The molecule has 128 valence electrons. The van der Waals surface area contributed by atoms with E-state index in [0.29, 0.717) is 5.01 Å². The van der Waals surface area contributed by atoms with Crippen LogP contribution in [0.2, 0.25) is 0 Å². The van der Waals surface area contributed by atoms with E-state index in [2.05, 4.69) is 15.5 Å². The van der Waals surface area contributed by atoms with Crippen LogP contribution >= 0.6 is 11.3 Å². The van der Waals surface area contributed by atoms with Crippen molar-refractivity contribution in [3.63, 3.8) is 0 Å². The summed E-state index contributed by atoms with van der Waals surface area (Å²) in [5, 5.41) is 11.2. The third-order valence-electron chi connectivity index (χ3n) is 3.73. The molecule has 4 nitrogen and oxygen atoms in total. The number of halogens is 2. The van der Waals surface area contributed by atoms with Crippen molar-refractivity contribution in [3.05, 3.63) is 64.2 Å². The predicted molar refractivity (Wildman–Crippen MR) is 93.9 cm³/mol. The van der Waals surface area contributed by atoms with Crippen LogP contribution in [-0.4, -0.2) is 16.1 Å². The third kappa shape index (κ3) is 3.41. The number of carbonyl (C=O) groups excluding carboxylic acids is 1. The molecule has 0 bridgehead atoms. The van der Waals surface area contributed by atoms with Crippen LogP contribution in [0.5, 0.6) is 0 Å². The van der Waals surface area contributed by atoms with Gasteiger partial charge in [-0.05, 0) is 44.0 Å². The molecule has 3 aromatic rings. The summed E-state index contributed by atoms with van der Waals surface area (Å²) < 4.78 is 27.4. The molecule has 0 saturated carbocycles. The molecule has 0 aliphatic heterocycles. The summed E-state index contributed by atoms with van der Waals surface area (Å²) in [4.78, 5) is 12.1. The number of amides is 1. The van der Waals surface area contributed by atoms with Crippen LogP contribution in [0.15, 0.2) is 30.3 Å². The number of benzene rings is 2. The number of hydrogen-bond donors (Lipinski definition) is 1. The van der Waals surface area contributed by atoms with E-state index in [1.165, 1.54) is 6.07 Å². The van der Waals surface area contributed by atoms with E-state index in [1.54, 1.807) is 0 Å². The number of nitrogens with zero attached hydrogens (tertiary/aromatic N) is 2. The van der Waals surface area contributed by atoms with Crippen molar-refractivity contribution in [2.45, 2.75) is 20.8 Å². The maximum Gasteiger partial charge on any atom is 0.263 e. The number of rotatable bonds is 3. The Morgan fingerprint density at radius 1 is 1.04 bits per heavy atom. The second kappa shape index (κ2) is 6.68. The fourth-order valence-electron chi connectivity index (χ4n) is 2.77. The topological polar surface area (TPSA) is 54.9 Å². The second-order valence-corrected chi connectivity index (χ2v) is 6.71. The molecule has 7 heteroatoms. The van der Waals surface area contributed by atoms with Gasteiger partial charge < -0.3 is 0 Å². The predicted octanol–water partition coefficient (Wildman–Crippen LogP) is 4.66. The van der Waals surface area contributed by atoms with Crippen LogP contribution in [0.3, 0.4) is 0 Å². The summed E-state index contributed by atoms with van der Waals surface area (Å²) in [6.07, 6.45) is 0. The number of hydrogen-bond acceptors (Lipinski definition) is 4. The van der Waals surface area contributed by atoms with Crippen molar-refractivity contribution in [2.24, 2.45) is 0 Å². The molecule has 3 rings (SSSR count). The highest BCUT2D eigenvalue weighted by Gasteiger charge is 2.19. The van der Waals surface area contributed by atoms with Gasteiger partial charge in [-0.2, -0.15) is 0 Å². The first-order chi connectivity index (χ1) is 11.9. The molecule has 0 aliphatic rings. The highest BCUT2D eigenvalue weighted by Crippen LogP contribution is 2.32. The molecule has 0 saturated heterocycles. The zero-order chi connectivity index (χ0) is 18.1. The third-order valence-corrected chi connectivity index (χ3v) is 4.58. The van der Waals surface area contributed by atoms with Crippen molar-refractivity contribution in [3.8, 4) is 10.6 Å². The summed E-state index contributed by atoms with van der Waals surface area (Å²) in [6.45, 7) is 5.96. The van der Waals surface area contributed by atoms with E-state index in [-0.39, 0.29) is 5.13 Å². The van der Waals surface area contributed by atoms with E-state index in [9.17, 15) is 13.6 Å². The molecule has 1 N–H and O–H groups in total. The van der Waals surface area contributed by atoms with E-state index in [0.717, 1.165) is 45.7 Å². The lowest BCUT2D eigenvalue weighted by atomic mass is 10.0. The first-order valence-electron chi connectivity index (χ1n) is 7.54. The van der Waals surface area contributed by atoms with Crippen LogP contribution in [0, 0.1) is 32.4 Å². The Morgan fingerprint density at radius 2 is 1.64 bits per heavy atom. The molecule has 0 unspecified atom stereocenters. The van der Waals surface area contributed by atoms with Gasteiger partial charge in [0, 0.05) is 5.56 Å². The van der Waals surface area contributed by atoms with Gasteiger partial charge in [0.25, 0.3) is 5.91 Å². The maximum absolute atomic E-state index is 13.7. The van der Waals surface area contributed by atoms with Crippen LogP contribution < -0.4 is 5.32 Å². The van der Waals surface area contributed by atoms with Crippen molar-refractivity contribution < 1.29 is 13.6 Å². The molecule has 0 aliphatic carbocycles. The van der Waals surface area contributed by atoms with Crippen LogP contribution in [0.1, 0.15) is 27.0 Å². The molecule has 0 atom stereocenters. The lowest BCUT2D eigenvalue weighted by molar-refractivity contribution is 0.101. The zero-order valence-electron chi connectivity index (χ0n) is 13.9. The van der Waals surface area contributed by atoms with Gasteiger partial charge >= 0.3 is 0 Å². The second-order valence-electron chi connectivity index (χ2n) is 5.74. The van der Waals surface area contributed by atoms with Crippen LogP contribution in [0.25, 0.3) is 10.6 Å². The fourth-order valence-corrected chi connectivity index (χ4v) is 3.68. The Bertz CT molecular complexity index is 925. The van der Waals surface area contributed by atoms with E-state index >= 15 is 0 Å². The molecular formula is C18H15F2N3OS. The minimum absolute atomic E-state index is 0.182. The molecule has 0 radical (unpaired) electrons. The van der Waals surface area contributed by atoms with E-state index < -0.39 is 23.1 Å². The van der Waals surface area contributed by atoms with Gasteiger partial charge in [0.05, 0.1) is 0 Å². The largest absolute Gasteiger partial charge is 0.296 e. The summed E-state index contributed by atoms with van der Waals surface area (Å²) in [6, 6.07) is 7.34. The van der Waals surface area contributed by atoms with Crippen molar-refractivity contribution in [1.29, 1.82) is 0 Å². The Hall–Kier alpha value is -2.67. The molecule has 0 spiro atoms. The fraction of sp³-hybridized carbons (Fsp3) is 0.167. The number of nitrogens with one attached hydrogen (secondary N) is 1. The van der Waals surface area contributed by atoms with Gasteiger partial charge in [0.1, 0.15) is 22.2 Å². The molecule has 1 heterocycles. The van der Waals surface area contributed by atoms with Crippen LogP contribution in [0.4, 0.5) is 13.9 Å². The number of aryl methyl sites for hydroxylation is 3. The molecular weight excluding hydrogens is 344 g/mol.